The van der Waals surface area contributed by atoms with Crippen molar-refractivity contribution >= 4 is 11.1 Å². The molecular formula is C31H32F3N. The van der Waals surface area contributed by atoms with Crippen molar-refractivity contribution in [1.82, 2.24) is 4.90 Å². The van der Waals surface area contributed by atoms with Crippen molar-refractivity contribution < 1.29 is 13.2 Å². The maximum Gasteiger partial charge on any atom is 0.159 e. The van der Waals surface area contributed by atoms with E-state index < -0.39 is 11.6 Å². The molecule has 1 saturated heterocycles. The number of alkyl halides is 1. The molecule has 0 radical (unpaired) electrons. The van der Waals surface area contributed by atoms with Crippen molar-refractivity contribution in [2.45, 2.75) is 32.6 Å². The van der Waals surface area contributed by atoms with Crippen molar-refractivity contribution in [1.29, 1.82) is 0 Å². The van der Waals surface area contributed by atoms with E-state index in [-0.39, 0.29) is 12.6 Å². The van der Waals surface area contributed by atoms with Crippen LogP contribution in [0.5, 0.6) is 0 Å². The lowest BCUT2D eigenvalue weighted by atomic mass is 9.83. The maximum absolute atomic E-state index is 14.3. The standard InChI is InChI=1S/C31H32F3N/c1-21-7-10-24-5-2-3-6-27(24)31(30(21)26-13-14-28(33)29(34)18-26)25-11-8-22(9-12-25)17-23-19-35(20-23)16-4-15-32/h2-3,5-6,8-9,11-14,18,21,23H,4,7,10,15-17,19-20H2,1H3. The zero-order chi connectivity index (χ0) is 24.4. The Morgan fingerprint density at radius 2 is 1.63 bits per heavy atom. The first-order chi connectivity index (χ1) is 17.0. The van der Waals surface area contributed by atoms with Crippen LogP contribution in [0.4, 0.5) is 13.2 Å². The van der Waals surface area contributed by atoms with Gasteiger partial charge in [-0.15, -0.1) is 0 Å². The molecular weight excluding hydrogens is 443 g/mol. The molecule has 1 aliphatic heterocycles. The van der Waals surface area contributed by atoms with Gasteiger partial charge in [-0.2, -0.15) is 0 Å². The Bertz CT molecular complexity index is 1210. The van der Waals surface area contributed by atoms with E-state index in [1.807, 2.05) is 0 Å². The second-order valence-electron chi connectivity index (χ2n) is 10.1. The molecule has 35 heavy (non-hydrogen) atoms. The predicted molar refractivity (Wildman–Crippen MR) is 137 cm³/mol. The number of benzene rings is 3. The van der Waals surface area contributed by atoms with Gasteiger partial charge in [-0.25, -0.2) is 8.78 Å². The lowest BCUT2D eigenvalue weighted by Crippen LogP contribution is -2.47. The average molecular weight is 476 g/mol. The van der Waals surface area contributed by atoms with E-state index >= 15 is 0 Å². The zero-order valence-electron chi connectivity index (χ0n) is 20.2. The number of likely N-dealkylation sites (tertiary alicyclic amines) is 1. The molecule has 0 amide bonds. The van der Waals surface area contributed by atoms with E-state index in [2.05, 4.69) is 60.4 Å². The molecule has 182 valence electrons. The van der Waals surface area contributed by atoms with Crippen LogP contribution in [0.1, 0.15) is 47.6 Å². The van der Waals surface area contributed by atoms with Crippen LogP contribution in [0.3, 0.4) is 0 Å². The largest absolute Gasteiger partial charge is 0.303 e. The van der Waals surface area contributed by atoms with E-state index in [1.165, 1.54) is 28.8 Å². The van der Waals surface area contributed by atoms with Crippen molar-refractivity contribution in [3.63, 3.8) is 0 Å². The van der Waals surface area contributed by atoms with Gasteiger partial charge < -0.3 is 4.90 Å². The number of fused-ring (bicyclic) bond motifs is 1. The van der Waals surface area contributed by atoms with Crippen LogP contribution in [0.2, 0.25) is 0 Å². The van der Waals surface area contributed by atoms with Crippen LogP contribution < -0.4 is 0 Å². The minimum atomic E-state index is -0.818. The van der Waals surface area contributed by atoms with Crippen LogP contribution >= 0.6 is 0 Å². The highest BCUT2D eigenvalue weighted by Gasteiger charge is 2.27. The van der Waals surface area contributed by atoms with Gasteiger partial charge in [0.2, 0.25) is 0 Å². The molecule has 1 fully saturated rings. The predicted octanol–water partition coefficient (Wildman–Crippen LogP) is 7.34. The summed E-state index contributed by atoms with van der Waals surface area (Å²) in [4.78, 5) is 2.32. The quantitative estimate of drug-likeness (QED) is 0.346. The Hall–Kier alpha value is -2.85. The molecule has 3 aromatic carbocycles. The third-order valence-electron chi connectivity index (χ3n) is 7.53. The Kier molecular flexibility index (Phi) is 7.10. The fourth-order valence-electron chi connectivity index (χ4n) is 5.71. The summed E-state index contributed by atoms with van der Waals surface area (Å²) in [5.74, 6) is -0.806. The molecule has 1 aliphatic carbocycles. The fourth-order valence-corrected chi connectivity index (χ4v) is 5.71. The summed E-state index contributed by atoms with van der Waals surface area (Å²) in [7, 11) is 0. The molecule has 5 rings (SSSR count). The van der Waals surface area contributed by atoms with E-state index in [1.54, 1.807) is 6.07 Å². The molecule has 0 N–H and O–H groups in total. The third kappa shape index (κ3) is 5.08. The van der Waals surface area contributed by atoms with Crippen molar-refractivity contribution in [2.75, 3.05) is 26.3 Å². The first-order valence-electron chi connectivity index (χ1n) is 12.7. The lowest BCUT2D eigenvalue weighted by molar-refractivity contribution is 0.0968. The summed E-state index contributed by atoms with van der Waals surface area (Å²) < 4.78 is 40.4. The monoisotopic (exact) mass is 475 g/mol. The minimum Gasteiger partial charge on any atom is -0.303 e. The average Bonchev–Trinajstić information content (AvgIpc) is 2.99. The second-order valence-corrected chi connectivity index (χ2v) is 10.1. The normalized spacial score (nSPS) is 18.8. The summed E-state index contributed by atoms with van der Waals surface area (Å²) >= 11 is 0. The molecule has 4 heteroatoms. The SMILES string of the molecule is CC1CCc2ccccc2C(c2ccc(CC3CN(CCCF)C3)cc2)=C1c1ccc(F)c(F)c1. The van der Waals surface area contributed by atoms with E-state index in [9.17, 15) is 13.2 Å². The Morgan fingerprint density at radius 3 is 2.37 bits per heavy atom. The number of rotatable bonds is 7. The highest BCUT2D eigenvalue weighted by atomic mass is 19.2. The van der Waals surface area contributed by atoms with E-state index in [0.29, 0.717) is 12.3 Å². The number of halogens is 3. The number of nitrogens with zero attached hydrogens (tertiary/aromatic N) is 1. The number of allylic oxidation sites excluding steroid dienone is 1. The molecule has 0 aromatic heterocycles. The van der Waals surface area contributed by atoms with Crippen LogP contribution in [-0.2, 0) is 12.8 Å². The van der Waals surface area contributed by atoms with Crippen molar-refractivity contribution in [3.05, 3.63) is 106 Å². The Morgan fingerprint density at radius 1 is 0.886 bits per heavy atom. The zero-order valence-corrected chi connectivity index (χ0v) is 20.2. The lowest BCUT2D eigenvalue weighted by Gasteiger charge is -2.39. The van der Waals surface area contributed by atoms with Gasteiger partial charge in [0.1, 0.15) is 0 Å². The van der Waals surface area contributed by atoms with Crippen molar-refractivity contribution in [2.24, 2.45) is 11.8 Å². The number of aryl methyl sites for hydroxylation is 1. The van der Waals surface area contributed by atoms with Gasteiger partial charge in [-0.3, -0.25) is 4.39 Å². The summed E-state index contributed by atoms with van der Waals surface area (Å²) in [5, 5.41) is 0. The first-order valence-corrected chi connectivity index (χ1v) is 12.7. The minimum absolute atomic E-state index is 0.201. The highest BCUT2D eigenvalue weighted by Crippen LogP contribution is 2.42. The highest BCUT2D eigenvalue weighted by molar-refractivity contribution is 6.00. The molecule has 1 unspecified atom stereocenters. The molecule has 0 saturated carbocycles. The number of hydrogen-bond donors (Lipinski definition) is 0. The molecule has 3 aromatic rings. The topological polar surface area (TPSA) is 3.24 Å². The van der Waals surface area contributed by atoms with Gasteiger partial charge in [0.05, 0.1) is 6.67 Å². The fraction of sp³-hybridized carbons (Fsp3) is 0.355. The second kappa shape index (κ2) is 10.4. The van der Waals surface area contributed by atoms with Gasteiger partial charge in [0.15, 0.2) is 11.6 Å². The van der Waals surface area contributed by atoms with Crippen LogP contribution in [0.25, 0.3) is 11.1 Å². The molecule has 2 aliphatic rings. The third-order valence-corrected chi connectivity index (χ3v) is 7.53. The molecule has 1 atom stereocenters. The smallest absolute Gasteiger partial charge is 0.159 e. The van der Waals surface area contributed by atoms with Gasteiger partial charge in [-0.1, -0.05) is 61.5 Å². The molecule has 0 spiro atoms. The van der Waals surface area contributed by atoms with Gasteiger partial charge in [0.25, 0.3) is 0 Å². The molecule has 1 heterocycles. The summed E-state index contributed by atoms with van der Waals surface area (Å²) in [6, 6.07) is 21.5. The summed E-state index contributed by atoms with van der Waals surface area (Å²) in [6.45, 7) is 4.87. The molecule has 1 nitrogen and oxygen atoms in total. The summed E-state index contributed by atoms with van der Waals surface area (Å²) in [5.41, 5.74) is 7.80. The molecule has 0 bridgehead atoms. The van der Waals surface area contributed by atoms with Crippen LogP contribution in [-0.4, -0.2) is 31.2 Å². The van der Waals surface area contributed by atoms with E-state index in [0.717, 1.165) is 61.2 Å². The summed E-state index contributed by atoms with van der Waals surface area (Å²) in [6.07, 6.45) is 3.55. The van der Waals surface area contributed by atoms with Crippen LogP contribution in [0.15, 0.2) is 66.7 Å². The van der Waals surface area contributed by atoms with Crippen molar-refractivity contribution in [3.8, 4) is 0 Å². The first kappa shape index (κ1) is 23.9. The Labute approximate surface area is 206 Å². The Balaban J connectivity index is 1.49. The number of hydrogen-bond acceptors (Lipinski definition) is 1. The van der Waals surface area contributed by atoms with Gasteiger partial charge in [-0.05, 0) is 88.6 Å². The maximum atomic E-state index is 14.3. The van der Waals surface area contributed by atoms with Crippen LogP contribution in [0, 0.1) is 23.5 Å². The van der Waals surface area contributed by atoms with Gasteiger partial charge >= 0.3 is 0 Å². The van der Waals surface area contributed by atoms with E-state index in [4.69, 9.17) is 0 Å². The van der Waals surface area contributed by atoms with Gasteiger partial charge in [0, 0.05) is 19.6 Å².